The van der Waals surface area contributed by atoms with E-state index in [9.17, 15) is 18.0 Å². The lowest BCUT2D eigenvalue weighted by Crippen LogP contribution is -2.41. The highest BCUT2D eigenvalue weighted by atomic mass is 35.5. The minimum atomic E-state index is -3.72. The van der Waals surface area contributed by atoms with Gasteiger partial charge in [0.1, 0.15) is 13.2 Å². The highest BCUT2D eigenvalue weighted by Crippen LogP contribution is 2.38. The number of halogens is 1. The number of rotatable bonds is 6. The Bertz CT molecular complexity index is 1100. The van der Waals surface area contributed by atoms with E-state index in [-0.39, 0.29) is 21.0 Å². The lowest BCUT2D eigenvalue weighted by molar-refractivity contribution is 0.0846. The summed E-state index contributed by atoms with van der Waals surface area (Å²) in [4.78, 5) is 24.9. The van der Waals surface area contributed by atoms with Crippen LogP contribution in [0, 0.1) is 0 Å². The first-order valence-electron chi connectivity index (χ1n) is 9.58. The topological polar surface area (TPSA) is 114 Å². The molecule has 0 atom stereocenters. The zero-order valence-corrected chi connectivity index (χ0v) is 18.5. The molecule has 0 bridgehead atoms. The van der Waals surface area contributed by atoms with Crippen molar-refractivity contribution in [2.75, 3.05) is 26.3 Å². The number of fused-ring (bicyclic) bond motifs is 1. The fourth-order valence-corrected chi connectivity index (χ4v) is 4.78. The van der Waals surface area contributed by atoms with Crippen LogP contribution in [0.15, 0.2) is 41.3 Å². The van der Waals surface area contributed by atoms with Crippen LogP contribution < -0.4 is 20.3 Å². The molecule has 0 saturated carbocycles. The number of hydrazine groups is 1. The van der Waals surface area contributed by atoms with Gasteiger partial charge in [-0.3, -0.25) is 20.4 Å². The maximum atomic E-state index is 12.7. The average Bonchev–Trinajstić information content (AvgIpc) is 2.78. The van der Waals surface area contributed by atoms with Gasteiger partial charge in [-0.1, -0.05) is 31.5 Å². The van der Waals surface area contributed by atoms with Crippen LogP contribution in [-0.2, 0) is 10.0 Å². The highest BCUT2D eigenvalue weighted by Gasteiger charge is 2.23. The summed E-state index contributed by atoms with van der Waals surface area (Å²) in [7, 11) is -3.72. The predicted molar refractivity (Wildman–Crippen MR) is 114 cm³/mol. The van der Waals surface area contributed by atoms with Gasteiger partial charge >= 0.3 is 0 Å². The molecule has 0 aromatic heterocycles. The third-order valence-corrected chi connectivity index (χ3v) is 6.91. The summed E-state index contributed by atoms with van der Waals surface area (Å²) in [5, 5.41) is 0.211. The molecule has 0 unspecified atom stereocenters. The Hall–Kier alpha value is -2.82. The summed E-state index contributed by atoms with van der Waals surface area (Å²) < 4.78 is 37.4. The Morgan fingerprint density at radius 1 is 1.00 bits per heavy atom. The van der Waals surface area contributed by atoms with E-state index in [1.165, 1.54) is 40.7 Å². The van der Waals surface area contributed by atoms with Crippen LogP contribution in [0.2, 0.25) is 5.02 Å². The van der Waals surface area contributed by atoms with Crippen molar-refractivity contribution < 1.29 is 27.5 Å². The molecule has 0 spiro atoms. The molecular formula is C20H22ClN3O6S. The molecule has 2 amide bonds. The molecule has 1 aliphatic heterocycles. The number of amides is 2. The van der Waals surface area contributed by atoms with Crippen molar-refractivity contribution in [1.82, 2.24) is 15.2 Å². The minimum Gasteiger partial charge on any atom is -0.486 e. The first-order chi connectivity index (χ1) is 14.8. The van der Waals surface area contributed by atoms with E-state index in [4.69, 9.17) is 21.1 Å². The second kappa shape index (κ2) is 9.54. The second-order valence-corrected chi connectivity index (χ2v) is 8.85. The molecule has 11 heteroatoms. The minimum absolute atomic E-state index is 0.00575. The summed E-state index contributed by atoms with van der Waals surface area (Å²) in [6.45, 7) is 4.77. The number of nitrogens with one attached hydrogen (secondary N) is 2. The van der Waals surface area contributed by atoms with Crippen molar-refractivity contribution in [3.05, 3.63) is 52.5 Å². The highest BCUT2D eigenvalue weighted by molar-refractivity contribution is 7.89. The molecule has 0 fully saturated rings. The lowest BCUT2D eigenvalue weighted by atomic mass is 10.2. The molecule has 166 valence electrons. The van der Waals surface area contributed by atoms with Gasteiger partial charge in [-0.05, 0) is 30.3 Å². The van der Waals surface area contributed by atoms with Gasteiger partial charge in [0, 0.05) is 24.2 Å². The van der Waals surface area contributed by atoms with Crippen LogP contribution >= 0.6 is 11.6 Å². The molecule has 2 aromatic carbocycles. The molecule has 1 aliphatic rings. The van der Waals surface area contributed by atoms with Crippen LogP contribution in [0.25, 0.3) is 0 Å². The van der Waals surface area contributed by atoms with E-state index in [0.717, 1.165) is 0 Å². The van der Waals surface area contributed by atoms with E-state index in [2.05, 4.69) is 10.9 Å². The Morgan fingerprint density at radius 2 is 1.65 bits per heavy atom. The Balaban J connectivity index is 1.72. The van der Waals surface area contributed by atoms with E-state index in [1.54, 1.807) is 13.8 Å². The molecule has 0 saturated heterocycles. The predicted octanol–water partition coefficient (Wildman–Crippen LogP) is 2.22. The van der Waals surface area contributed by atoms with Crippen molar-refractivity contribution >= 4 is 33.4 Å². The summed E-state index contributed by atoms with van der Waals surface area (Å²) in [5.74, 6) is -0.600. The number of hydrogen-bond donors (Lipinski definition) is 2. The molecule has 31 heavy (non-hydrogen) atoms. The molecule has 1 heterocycles. The molecule has 0 aliphatic carbocycles. The smallest absolute Gasteiger partial charge is 0.269 e. The quantitative estimate of drug-likeness (QED) is 0.629. The van der Waals surface area contributed by atoms with Crippen molar-refractivity contribution in [2.24, 2.45) is 0 Å². The summed E-state index contributed by atoms with van der Waals surface area (Å²) >= 11 is 6.13. The summed E-state index contributed by atoms with van der Waals surface area (Å²) in [5.41, 5.74) is 4.79. The summed E-state index contributed by atoms with van der Waals surface area (Å²) in [6, 6.07) is 8.45. The molecule has 9 nitrogen and oxygen atoms in total. The maximum absolute atomic E-state index is 12.7. The van der Waals surface area contributed by atoms with E-state index in [1.807, 2.05) is 0 Å². The SMILES string of the molecule is CCN(CC)S(=O)(=O)c1cccc(C(=O)NNC(=O)c2cc(Cl)c3c(c2)OCCO3)c1. The van der Waals surface area contributed by atoms with Gasteiger partial charge in [0.25, 0.3) is 11.8 Å². The van der Waals surface area contributed by atoms with E-state index in [0.29, 0.717) is 37.8 Å². The van der Waals surface area contributed by atoms with Gasteiger partial charge < -0.3 is 9.47 Å². The van der Waals surface area contributed by atoms with Crippen LogP contribution in [-0.4, -0.2) is 50.8 Å². The second-order valence-electron chi connectivity index (χ2n) is 6.51. The van der Waals surface area contributed by atoms with Gasteiger partial charge in [-0.2, -0.15) is 4.31 Å². The average molecular weight is 468 g/mol. The fourth-order valence-electron chi connectivity index (χ4n) is 3.01. The third kappa shape index (κ3) is 4.92. The van der Waals surface area contributed by atoms with Gasteiger partial charge in [0.15, 0.2) is 11.5 Å². The number of ether oxygens (including phenoxy) is 2. The lowest BCUT2D eigenvalue weighted by Gasteiger charge is -2.20. The zero-order valence-electron chi connectivity index (χ0n) is 17.0. The van der Waals surface area contributed by atoms with Gasteiger partial charge in [-0.15, -0.1) is 0 Å². The molecular weight excluding hydrogens is 446 g/mol. The molecule has 2 aromatic rings. The number of hydrogen-bond acceptors (Lipinski definition) is 6. The van der Waals surface area contributed by atoms with Gasteiger partial charge in [0.05, 0.1) is 9.92 Å². The zero-order chi connectivity index (χ0) is 22.6. The number of sulfonamides is 1. The number of carbonyl (C=O) groups is 2. The van der Waals surface area contributed by atoms with Crippen molar-refractivity contribution in [3.8, 4) is 11.5 Å². The number of nitrogens with zero attached hydrogens (tertiary/aromatic N) is 1. The first-order valence-corrected chi connectivity index (χ1v) is 11.4. The normalized spacial score (nSPS) is 13.0. The van der Waals surface area contributed by atoms with Crippen LogP contribution in [0.1, 0.15) is 34.6 Å². The van der Waals surface area contributed by atoms with Crippen LogP contribution in [0.5, 0.6) is 11.5 Å². The third-order valence-electron chi connectivity index (χ3n) is 4.59. The maximum Gasteiger partial charge on any atom is 0.269 e. The Morgan fingerprint density at radius 3 is 2.32 bits per heavy atom. The molecule has 2 N–H and O–H groups in total. The standard InChI is InChI=1S/C20H22ClN3O6S/c1-3-24(4-2)31(27,28)15-7-5-6-13(10-15)19(25)22-23-20(26)14-11-16(21)18-17(12-14)29-8-9-30-18/h5-7,10-12H,3-4,8-9H2,1-2H3,(H,22,25)(H,23,26). The summed E-state index contributed by atoms with van der Waals surface area (Å²) in [6.07, 6.45) is 0. The monoisotopic (exact) mass is 467 g/mol. The van der Waals surface area contributed by atoms with Crippen molar-refractivity contribution in [3.63, 3.8) is 0 Å². The molecule has 0 radical (unpaired) electrons. The number of carbonyl (C=O) groups excluding carboxylic acids is 2. The van der Waals surface area contributed by atoms with Gasteiger partial charge in [0.2, 0.25) is 10.0 Å². The Kier molecular flexibility index (Phi) is 7.04. The Labute approximate surface area is 185 Å². The largest absolute Gasteiger partial charge is 0.486 e. The van der Waals surface area contributed by atoms with E-state index < -0.39 is 21.8 Å². The van der Waals surface area contributed by atoms with Crippen molar-refractivity contribution in [1.29, 1.82) is 0 Å². The molecule has 3 rings (SSSR count). The van der Waals surface area contributed by atoms with Crippen LogP contribution in [0.3, 0.4) is 0 Å². The number of benzene rings is 2. The van der Waals surface area contributed by atoms with Crippen molar-refractivity contribution in [2.45, 2.75) is 18.7 Å². The van der Waals surface area contributed by atoms with Gasteiger partial charge in [-0.25, -0.2) is 8.42 Å². The first kappa shape index (κ1) is 22.9. The fraction of sp³-hybridized carbons (Fsp3) is 0.300. The van der Waals surface area contributed by atoms with E-state index >= 15 is 0 Å². The van der Waals surface area contributed by atoms with Crippen LogP contribution in [0.4, 0.5) is 0 Å².